The van der Waals surface area contributed by atoms with Crippen molar-refractivity contribution >= 4 is 40.3 Å². The lowest BCUT2D eigenvalue weighted by Crippen LogP contribution is -2.32. The van der Waals surface area contributed by atoms with E-state index in [0.29, 0.717) is 5.56 Å². The number of carbonyl (C=O) groups excluding carboxylic acids is 3. The Morgan fingerprint density at radius 3 is 2.45 bits per heavy atom. The summed E-state index contributed by atoms with van der Waals surface area (Å²) in [6.45, 7) is 3.35. The SMILES string of the molecule is Cc1cc(C(=O)CCC(=O)OCC(=O)NC(c2ccc(F)cc2)c2cccs2)c(C)s1. The molecule has 1 atom stereocenters. The van der Waals surface area contributed by atoms with Crippen LogP contribution in [0, 0.1) is 19.7 Å². The highest BCUT2D eigenvalue weighted by molar-refractivity contribution is 7.12. The highest BCUT2D eigenvalue weighted by Crippen LogP contribution is 2.26. The number of ketones is 1. The molecule has 0 fully saturated rings. The molecular formula is C23H22FNO4S2. The molecule has 1 amide bonds. The Bertz CT molecular complexity index is 1060. The number of amides is 1. The number of benzene rings is 1. The van der Waals surface area contributed by atoms with E-state index >= 15 is 0 Å². The number of rotatable bonds is 9. The molecule has 0 saturated carbocycles. The summed E-state index contributed by atoms with van der Waals surface area (Å²) in [4.78, 5) is 39.5. The van der Waals surface area contributed by atoms with Crippen LogP contribution in [-0.4, -0.2) is 24.3 Å². The minimum Gasteiger partial charge on any atom is -0.456 e. The topological polar surface area (TPSA) is 72.5 Å². The maximum Gasteiger partial charge on any atom is 0.306 e. The Kier molecular flexibility index (Phi) is 7.70. The summed E-state index contributed by atoms with van der Waals surface area (Å²) in [6.07, 6.45) is -0.0579. The summed E-state index contributed by atoms with van der Waals surface area (Å²) in [6, 6.07) is 10.9. The van der Waals surface area contributed by atoms with Crippen molar-refractivity contribution in [1.82, 2.24) is 5.32 Å². The van der Waals surface area contributed by atoms with E-state index in [1.165, 1.54) is 34.8 Å². The van der Waals surface area contributed by atoms with E-state index in [-0.39, 0.29) is 24.4 Å². The fourth-order valence-electron chi connectivity index (χ4n) is 3.11. The molecule has 0 aliphatic carbocycles. The molecule has 3 aromatic rings. The first-order valence-corrected chi connectivity index (χ1v) is 11.4. The van der Waals surface area contributed by atoms with Gasteiger partial charge in [0.25, 0.3) is 5.91 Å². The Hall–Kier alpha value is -2.84. The molecule has 1 aromatic carbocycles. The fraction of sp³-hybridized carbons (Fsp3) is 0.261. The van der Waals surface area contributed by atoms with Gasteiger partial charge in [0, 0.05) is 26.6 Å². The number of thiophene rings is 2. The van der Waals surface area contributed by atoms with Gasteiger partial charge in [-0.15, -0.1) is 22.7 Å². The molecule has 1 N–H and O–H groups in total. The molecule has 0 aliphatic rings. The van der Waals surface area contributed by atoms with Crippen molar-refractivity contribution in [3.8, 4) is 0 Å². The molecule has 0 spiro atoms. The molecule has 0 aliphatic heterocycles. The molecule has 1 unspecified atom stereocenters. The number of ether oxygens (including phenoxy) is 1. The second kappa shape index (κ2) is 10.5. The second-order valence-electron chi connectivity index (χ2n) is 6.98. The summed E-state index contributed by atoms with van der Waals surface area (Å²) in [5.41, 5.74) is 1.35. The summed E-state index contributed by atoms with van der Waals surface area (Å²) < 4.78 is 18.3. The quantitative estimate of drug-likeness (QED) is 0.362. The van der Waals surface area contributed by atoms with E-state index in [1.54, 1.807) is 12.1 Å². The zero-order valence-electron chi connectivity index (χ0n) is 17.1. The number of carbonyl (C=O) groups is 3. The number of aryl methyl sites for hydroxylation is 2. The summed E-state index contributed by atoms with van der Waals surface area (Å²) in [5.74, 6) is -1.57. The largest absolute Gasteiger partial charge is 0.456 e. The van der Waals surface area contributed by atoms with Gasteiger partial charge in [-0.25, -0.2) is 4.39 Å². The van der Waals surface area contributed by atoms with Gasteiger partial charge < -0.3 is 10.1 Å². The normalized spacial score (nSPS) is 11.7. The number of esters is 1. The zero-order chi connectivity index (χ0) is 22.4. The monoisotopic (exact) mass is 459 g/mol. The van der Waals surface area contributed by atoms with Crippen molar-refractivity contribution in [2.45, 2.75) is 32.7 Å². The number of Topliss-reactive ketones (excluding diaryl/α,β-unsaturated/α-hetero) is 1. The third-order valence-corrected chi connectivity index (χ3v) is 6.50. The van der Waals surface area contributed by atoms with Crippen LogP contribution in [0.5, 0.6) is 0 Å². The van der Waals surface area contributed by atoms with Crippen molar-refractivity contribution in [3.63, 3.8) is 0 Å². The van der Waals surface area contributed by atoms with Gasteiger partial charge in [0.15, 0.2) is 12.4 Å². The van der Waals surface area contributed by atoms with Gasteiger partial charge in [0.2, 0.25) is 0 Å². The van der Waals surface area contributed by atoms with E-state index < -0.39 is 24.5 Å². The van der Waals surface area contributed by atoms with E-state index in [4.69, 9.17) is 4.74 Å². The first kappa shape index (κ1) is 22.8. The molecule has 0 bridgehead atoms. The number of hydrogen-bond donors (Lipinski definition) is 1. The minimum absolute atomic E-state index is 0.0326. The van der Waals surface area contributed by atoms with E-state index in [2.05, 4.69) is 5.32 Å². The van der Waals surface area contributed by atoms with E-state index in [9.17, 15) is 18.8 Å². The Labute approximate surface area is 187 Å². The lowest BCUT2D eigenvalue weighted by molar-refractivity contribution is -0.148. The highest BCUT2D eigenvalue weighted by Gasteiger charge is 2.20. The number of nitrogens with one attached hydrogen (secondary N) is 1. The van der Waals surface area contributed by atoms with Crippen LogP contribution >= 0.6 is 22.7 Å². The highest BCUT2D eigenvalue weighted by atomic mass is 32.1. The average molecular weight is 460 g/mol. The van der Waals surface area contributed by atoms with Crippen LogP contribution < -0.4 is 5.32 Å². The van der Waals surface area contributed by atoms with Crippen molar-refractivity contribution in [2.24, 2.45) is 0 Å². The van der Waals surface area contributed by atoms with Gasteiger partial charge in [-0.3, -0.25) is 14.4 Å². The first-order chi connectivity index (χ1) is 14.8. The van der Waals surface area contributed by atoms with Crippen LogP contribution in [0.2, 0.25) is 0 Å². The molecule has 0 radical (unpaired) electrons. The second-order valence-corrected chi connectivity index (χ2v) is 9.42. The van der Waals surface area contributed by atoms with Crippen LogP contribution in [-0.2, 0) is 14.3 Å². The molecule has 5 nitrogen and oxygen atoms in total. The zero-order valence-corrected chi connectivity index (χ0v) is 18.8. The predicted molar refractivity (Wildman–Crippen MR) is 119 cm³/mol. The molecule has 2 aromatic heterocycles. The number of hydrogen-bond acceptors (Lipinski definition) is 6. The third-order valence-electron chi connectivity index (χ3n) is 4.60. The Morgan fingerprint density at radius 1 is 1.10 bits per heavy atom. The van der Waals surface area contributed by atoms with E-state index in [0.717, 1.165) is 20.2 Å². The smallest absolute Gasteiger partial charge is 0.306 e. The van der Waals surface area contributed by atoms with Crippen molar-refractivity contribution in [1.29, 1.82) is 0 Å². The fourth-order valence-corrected chi connectivity index (χ4v) is 4.85. The van der Waals surface area contributed by atoms with Gasteiger partial charge in [0.1, 0.15) is 5.82 Å². The molecule has 31 heavy (non-hydrogen) atoms. The third kappa shape index (κ3) is 6.32. The van der Waals surface area contributed by atoms with Crippen molar-refractivity contribution in [2.75, 3.05) is 6.61 Å². The molecule has 8 heteroatoms. The van der Waals surface area contributed by atoms with Crippen LogP contribution in [0.1, 0.15) is 49.4 Å². The Balaban J connectivity index is 1.52. The van der Waals surface area contributed by atoms with Gasteiger partial charge in [-0.05, 0) is 49.1 Å². The van der Waals surface area contributed by atoms with Gasteiger partial charge in [-0.1, -0.05) is 18.2 Å². The number of halogens is 1. The molecule has 0 saturated heterocycles. The van der Waals surface area contributed by atoms with Gasteiger partial charge in [0.05, 0.1) is 12.5 Å². The van der Waals surface area contributed by atoms with Crippen molar-refractivity contribution in [3.05, 3.63) is 79.4 Å². The van der Waals surface area contributed by atoms with Crippen LogP contribution in [0.25, 0.3) is 0 Å². The maximum atomic E-state index is 13.3. The van der Waals surface area contributed by atoms with Crippen LogP contribution in [0.15, 0.2) is 47.8 Å². The minimum atomic E-state index is -0.609. The average Bonchev–Trinajstić information content (AvgIpc) is 3.39. The summed E-state index contributed by atoms with van der Waals surface area (Å²) in [7, 11) is 0. The van der Waals surface area contributed by atoms with Crippen molar-refractivity contribution < 1.29 is 23.5 Å². The predicted octanol–water partition coefficient (Wildman–Crippen LogP) is 4.98. The van der Waals surface area contributed by atoms with Gasteiger partial charge >= 0.3 is 5.97 Å². The molecule has 2 heterocycles. The standard InChI is InChI=1S/C23H22FNO4S2/c1-14-12-18(15(2)31-14)19(26)9-10-22(28)29-13-21(27)25-23(20-4-3-11-30-20)16-5-7-17(24)8-6-16/h3-8,11-12,23H,9-10,13H2,1-2H3,(H,25,27). The van der Waals surface area contributed by atoms with Gasteiger partial charge in [-0.2, -0.15) is 0 Å². The first-order valence-electron chi connectivity index (χ1n) is 9.67. The van der Waals surface area contributed by atoms with Crippen LogP contribution in [0.3, 0.4) is 0 Å². The molecule has 162 valence electrons. The van der Waals surface area contributed by atoms with E-state index in [1.807, 2.05) is 37.4 Å². The summed E-state index contributed by atoms with van der Waals surface area (Å²) in [5, 5.41) is 4.70. The maximum absolute atomic E-state index is 13.3. The lowest BCUT2D eigenvalue weighted by atomic mass is 10.1. The summed E-state index contributed by atoms with van der Waals surface area (Å²) >= 11 is 3.00. The Morgan fingerprint density at radius 2 is 1.84 bits per heavy atom. The lowest BCUT2D eigenvalue weighted by Gasteiger charge is -2.18. The molecular weight excluding hydrogens is 437 g/mol. The molecule has 3 rings (SSSR count). The van der Waals surface area contributed by atoms with Crippen LogP contribution in [0.4, 0.5) is 4.39 Å².